The summed E-state index contributed by atoms with van der Waals surface area (Å²) in [5.41, 5.74) is 0.888. The van der Waals surface area contributed by atoms with E-state index in [2.05, 4.69) is 86.4 Å². The number of halogens is 3. The maximum absolute atomic E-state index is 10.6. The average molecular weight is 647 g/mol. The number of hydrogen-bond acceptors (Lipinski definition) is 6. The second-order valence-corrected chi connectivity index (χ2v) is 22.6. The Morgan fingerprint density at radius 3 is 1.94 bits per heavy atom. The Bertz CT molecular complexity index is 824. The highest BCUT2D eigenvalue weighted by Gasteiger charge is 2.12. The number of aromatic amines is 1. The zero-order valence-corrected chi connectivity index (χ0v) is 26.1. The van der Waals surface area contributed by atoms with Crippen LogP contribution < -0.4 is 0 Å². The van der Waals surface area contributed by atoms with Gasteiger partial charge in [0.2, 0.25) is 0 Å². The molecule has 0 radical (unpaired) electrons. The summed E-state index contributed by atoms with van der Waals surface area (Å²) in [4.78, 5) is 20.5. The van der Waals surface area contributed by atoms with Crippen molar-refractivity contribution in [2.45, 2.75) is 58.1 Å². The first-order chi connectivity index (χ1) is 15.3. The molecule has 188 valence electrons. The molecule has 0 saturated heterocycles. The lowest BCUT2D eigenvalue weighted by atomic mass is 10.5. The molecule has 2 aromatic heterocycles. The maximum atomic E-state index is 10.6. The van der Waals surface area contributed by atoms with Crippen molar-refractivity contribution in [1.29, 1.82) is 0 Å². The van der Waals surface area contributed by atoms with Crippen LogP contribution in [0.15, 0.2) is 21.3 Å². The SMILES string of the molecule is C[Si](C)(C)CCOCCl.C[Si](C)(C)CCOCn1cc(Br)c(C=O)n1.O=Cc1[nH]ncc1Br. The van der Waals surface area contributed by atoms with Gasteiger partial charge in [0.25, 0.3) is 0 Å². The number of H-pyrrole nitrogens is 1. The summed E-state index contributed by atoms with van der Waals surface area (Å²) < 4.78 is 13.5. The highest BCUT2D eigenvalue weighted by atomic mass is 79.9. The fourth-order valence-electron chi connectivity index (χ4n) is 1.89. The quantitative estimate of drug-likeness (QED) is 0.133. The monoisotopic (exact) mass is 644 g/mol. The van der Waals surface area contributed by atoms with Crippen molar-refractivity contribution >= 4 is 72.2 Å². The van der Waals surface area contributed by atoms with E-state index in [0.29, 0.717) is 39.4 Å². The lowest BCUT2D eigenvalue weighted by Crippen LogP contribution is -2.22. The molecule has 0 spiro atoms. The van der Waals surface area contributed by atoms with Crippen LogP contribution >= 0.6 is 43.5 Å². The molecule has 0 saturated carbocycles. The van der Waals surface area contributed by atoms with E-state index in [1.807, 2.05) is 0 Å². The minimum atomic E-state index is -1.03. The number of aromatic nitrogens is 4. The van der Waals surface area contributed by atoms with Crippen LogP contribution in [0.3, 0.4) is 0 Å². The normalized spacial score (nSPS) is 11.2. The van der Waals surface area contributed by atoms with Gasteiger partial charge in [0.15, 0.2) is 12.6 Å². The van der Waals surface area contributed by atoms with Crippen LogP contribution in [0, 0.1) is 0 Å². The zero-order chi connectivity index (χ0) is 25.5. The fourth-order valence-corrected chi connectivity index (χ4v) is 4.21. The van der Waals surface area contributed by atoms with Gasteiger partial charge >= 0.3 is 0 Å². The molecule has 8 nitrogen and oxygen atoms in total. The van der Waals surface area contributed by atoms with Crippen molar-refractivity contribution < 1.29 is 19.1 Å². The summed E-state index contributed by atoms with van der Waals surface area (Å²) in [6.07, 6.45) is 4.71. The first-order valence-corrected chi connectivity index (χ1v) is 19.9. The Labute approximate surface area is 220 Å². The van der Waals surface area contributed by atoms with E-state index >= 15 is 0 Å². The van der Waals surface area contributed by atoms with E-state index < -0.39 is 16.1 Å². The Kier molecular flexibility index (Phi) is 16.6. The van der Waals surface area contributed by atoms with E-state index in [1.54, 1.807) is 10.9 Å². The highest BCUT2D eigenvalue weighted by molar-refractivity contribution is 9.10. The number of rotatable bonds is 11. The molecule has 0 fully saturated rings. The molecule has 0 bridgehead atoms. The molecule has 2 aromatic rings. The van der Waals surface area contributed by atoms with E-state index in [0.717, 1.165) is 25.5 Å². The van der Waals surface area contributed by atoms with Gasteiger partial charge in [-0.15, -0.1) is 0 Å². The average Bonchev–Trinajstić information content (AvgIpc) is 3.29. The first kappa shape index (κ1) is 32.4. The van der Waals surface area contributed by atoms with Gasteiger partial charge in [-0.05, 0) is 43.9 Å². The Hall–Kier alpha value is -0.636. The molecule has 0 aliphatic carbocycles. The molecular weight excluding hydrogens is 612 g/mol. The van der Waals surface area contributed by atoms with Crippen LogP contribution in [0.1, 0.15) is 21.0 Å². The third kappa shape index (κ3) is 17.5. The fraction of sp³-hybridized carbons (Fsp3) is 0.600. The lowest BCUT2D eigenvalue weighted by Gasteiger charge is -2.15. The number of carbonyl (C=O) groups excluding carboxylic acids is 2. The second kappa shape index (κ2) is 16.9. The molecule has 2 rings (SSSR count). The molecule has 0 aliphatic rings. The first-order valence-electron chi connectivity index (χ1n) is 10.4. The van der Waals surface area contributed by atoms with Crippen LogP contribution in [-0.2, 0) is 16.2 Å². The van der Waals surface area contributed by atoms with Crippen LogP contribution in [0.25, 0.3) is 0 Å². The standard InChI is InChI=1S/C10H17BrN2O2Si.C6H15ClOSi.C4H3BrN2O/c1-16(2,3)5-4-15-8-13-6-9(11)10(7-14)12-13;1-9(2,3)5-4-8-6-7;5-3-1-6-7-4(3)2-8/h6-7H,4-5,8H2,1-3H3;4-6H2,1-3H3;1-2H,(H,6,7). The number of carbonyl (C=O) groups is 2. The smallest absolute Gasteiger partial charge is 0.171 e. The van der Waals surface area contributed by atoms with E-state index in [-0.39, 0.29) is 0 Å². The molecule has 2 heterocycles. The third-order valence-corrected chi connectivity index (χ3v) is 8.69. The van der Waals surface area contributed by atoms with Crippen molar-refractivity contribution in [2.24, 2.45) is 0 Å². The number of nitrogens with one attached hydrogen (secondary N) is 1. The summed E-state index contributed by atoms with van der Waals surface area (Å²) >= 11 is 11.7. The number of hydrogen-bond donors (Lipinski definition) is 1. The van der Waals surface area contributed by atoms with Crippen molar-refractivity contribution in [1.82, 2.24) is 20.0 Å². The van der Waals surface area contributed by atoms with Gasteiger partial charge in [-0.2, -0.15) is 10.2 Å². The van der Waals surface area contributed by atoms with Gasteiger partial charge in [0, 0.05) is 35.6 Å². The van der Waals surface area contributed by atoms with Gasteiger partial charge in [-0.25, -0.2) is 4.68 Å². The Morgan fingerprint density at radius 2 is 1.58 bits per heavy atom. The Morgan fingerprint density at radius 1 is 1.00 bits per heavy atom. The molecule has 13 heteroatoms. The predicted molar refractivity (Wildman–Crippen MR) is 146 cm³/mol. The molecule has 1 N–H and O–H groups in total. The van der Waals surface area contributed by atoms with Crippen molar-refractivity contribution in [3.05, 3.63) is 32.7 Å². The molecular formula is C20H35Br2ClN4O4Si2. The van der Waals surface area contributed by atoms with Gasteiger partial charge < -0.3 is 9.47 Å². The van der Waals surface area contributed by atoms with Crippen molar-refractivity contribution in [3.63, 3.8) is 0 Å². The highest BCUT2D eigenvalue weighted by Crippen LogP contribution is 2.13. The number of nitrogens with zero attached hydrogens (tertiary/aromatic N) is 3. The van der Waals surface area contributed by atoms with Gasteiger partial charge in [-0.3, -0.25) is 14.7 Å². The molecule has 0 atom stereocenters. The largest absolute Gasteiger partial charge is 0.366 e. The molecule has 0 aromatic carbocycles. The number of aldehydes is 2. The van der Waals surface area contributed by atoms with E-state index in [1.165, 1.54) is 12.2 Å². The van der Waals surface area contributed by atoms with Gasteiger partial charge in [0.05, 0.1) is 15.1 Å². The second-order valence-electron chi connectivity index (χ2n) is 9.45. The summed E-state index contributed by atoms with van der Waals surface area (Å²) in [6.45, 7) is 15.9. The summed E-state index contributed by atoms with van der Waals surface area (Å²) in [7, 11) is -1.91. The number of alkyl halides is 1. The summed E-state index contributed by atoms with van der Waals surface area (Å²) in [5.74, 6) is 0. The molecule has 0 amide bonds. The topological polar surface area (TPSA) is 99.1 Å². The lowest BCUT2D eigenvalue weighted by molar-refractivity contribution is 0.0781. The third-order valence-electron chi connectivity index (χ3n) is 3.89. The van der Waals surface area contributed by atoms with Crippen molar-refractivity contribution in [2.75, 3.05) is 19.3 Å². The molecule has 33 heavy (non-hydrogen) atoms. The maximum Gasteiger partial charge on any atom is 0.171 e. The van der Waals surface area contributed by atoms with Crippen molar-refractivity contribution in [3.8, 4) is 0 Å². The van der Waals surface area contributed by atoms with Crippen LogP contribution in [0.2, 0.25) is 51.4 Å². The predicted octanol–water partition coefficient (Wildman–Crippen LogP) is 6.29. The summed E-state index contributed by atoms with van der Waals surface area (Å²) in [6, 6.07) is 2.68. The minimum Gasteiger partial charge on any atom is -0.366 e. The molecule has 0 aliphatic heterocycles. The summed E-state index contributed by atoms with van der Waals surface area (Å²) in [5, 5.41) is 10.1. The zero-order valence-electron chi connectivity index (χ0n) is 20.2. The van der Waals surface area contributed by atoms with Crippen LogP contribution in [0.5, 0.6) is 0 Å². The Balaban J connectivity index is 0.000000510. The van der Waals surface area contributed by atoms with Crippen LogP contribution in [0.4, 0.5) is 0 Å². The number of ether oxygens (including phenoxy) is 2. The van der Waals surface area contributed by atoms with Gasteiger partial charge in [-0.1, -0.05) is 50.9 Å². The van der Waals surface area contributed by atoms with Crippen LogP contribution in [-0.4, -0.2) is 68.0 Å². The van der Waals surface area contributed by atoms with E-state index in [4.69, 9.17) is 21.1 Å². The van der Waals surface area contributed by atoms with Gasteiger partial charge in [0.1, 0.15) is 24.2 Å². The minimum absolute atomic E-state index is 0.338. The molecule has 0 unspecified atom stereocenters. The van der Waals surface area contributed by atoms with E-state index in [9.17, 15) is 9.59 Å².